The zero-order valence-electron chi connectivity index (χ0n) is 27.6. The molecule has 0 aromatic heterocycles. The highest BCUT2D eigenvalue weighted by atomic mass is 79.9. The number of halogens is 1. The highest BCUT2D eigenvalue weighted by molar-refractivity contribution is 9.08. The van der Waals surface area contributed by atoms with E-state index >= 15 is 0 Å². The molecular weight excluding hydrogens is 596 g/mol. The summed E-state index contributed by atoms with van der Waals surface area (Å²) < 4.78 is 0. The van der Waals surface area contributed by atoms with Crippen LogP contribution in [-0.2, 0) is 10.8 Å². The fourth-order valence-corrected chi connectivity index (χ4v) is 7.76. The Labute approximate surface area is 272 Å². The number of hydrogen-bond acceptors (Lipinski definition) is 0. The van der Waals surface area contributed by atoms with Crippen LogP contribution in [0.25, 0.3) is 43.8 Å². The normalized spacial score (nSPS) is 14.5. The number of fused-ring (bicyclic) bond motifs is 10. The van der Waals surface area contributed by atoms with Crippen molar-refractivity contribution in [3.63, 3.8) is 0 Å². The van der Waals surface area contributed by atoms with Gasteiger partial charge >= 0.3 is 0 Å². The second-order valence-corrected chi connectivity index (χ2v) is 13.7. The Morgan fingerprint density at radius 1 is 0.409 bits per heavy atom. The number of aryl methyl sites for hydroxylation is 4. The van der Waals surface area contributed by atoms with Gasteiger partial charge in [-0.05, 0) is 111 Å². The zero-order chi connectivity index (χ0) is 31.6. The lowest BCUT2D eigenvalue weighted by atomic mass is 9.81. The SMILES string of the molecule is CBr.Cc1ccc2c(c1)C(C)(C)c1cc(C)c3ccccc3c1-2.Cc1ccc2c(c1)C(C)(C)c1cc(C)c3ccccc3c1-2. The highest BCUT2D eigenvalue weighted by Crippen LogP contribution is 2.53. The molecule has 0 N–H and O–H groups in total. The molecule has 6 aromatic carbocycles. The molecule has 6 aromatic rings. The third-order valence-electron chi connectivity index (χ3n) is 10.1. The minimum absolute atomic E-state index is 0.0888. The van der Waals surface area contributed by atoms with E-state index in [0.717, 1.165) is 0 Å². The average molecular weight is 640 g/mol. The fraction of sp³-hybridized carbons (Fsp3) is 0.256. The van der Waals surface area contributed by atoms with Crippen LogP contribution in [0, 0.1) is 27.7 Å². The molecule has 44 heavy (non-hydrogen) atoms. The Balaban J connectivity index is 0.000000148. The molecule has 2 aliphatic rings. The van der Waals surface area contributed by atoms with Crippen LogP contribution in [0.2, 0.25) is 0 Å². The minimum Gasteiger partial charge on any atom is -0.0966 e. The molecule has 0 aliphatic heterocycles. The Bertz CT molecular complexity index is 1920. The molecule has 0 saturated heterocycles. The van der Waals surface area contributed by atoms with E-state index in [9.17, 15) is 0 Å². The predicted octanol–water partition coefficient (Wildman–Crippen LogP) is 12.5. The molecule has 0 fully saturated rings. The van der Waals surface area contributed by atoms with Crippen molar-refractivity contribution in [3.05, 3.63) is 142 Å². The summed E-state index contributed by atoms with van der Waals surface area (Å²) in [6.45, 7) is 18.2. The van der Waals surface area contributed by atoms with Crippen molar-refractivity contribution >= 4 is 37.5 Å². The first kappa shape index (κ1) is 30.4. The first-order valence-corrected chi connectivity index (χ1v) is 17.2. The van der Waals surface area contributed by atoms with Gasteiger partial charge in [-0.25, -0.2) is 0 Å². The highest BCUT2D eigenvalue weighted by Gasteiger charge is 2.38. The van der Waals surface area contributed by atoms with E-state index in [4.69, 9.17) is 0 Å². The van der Waals surface area contributed by atoms with E-state index in [-0.39, 0.29) is 10.8 Å². The number of hydrogen-bond donors (Lipinski definition) is 0. The molecule has 222 valence electrons. The number of rotatable bonds is 0. The maximum absolute atomic E-state index is 2.94. The third-order valence-corrected chi connectivity index (χ3v) is 10.1. The fourth-order valence-electron chi connectivity index (χ4n) is 7.76. The average Bonchev–Trinajstić information content (AvgIpc) is 3.37. The number of benzene rings is 6. The van der Waals surface area contributed by atoms with Gasteiger partial charge < -0.3 is 0 Å². The monoisotopic (exact) mass is 638 g/mol. The summed E-state index contributed by atoms with van der Waals surface area (Å²) in [5.41, 5.74) is 17.2. The molecule has 8 rings (SSSR count). The molecule has 0 amide bonds. The quantitative estimate of drug-likeness (QED) is 0.145. The zero-order valence-corrected chi connectivity index (χ0v) is 29.2. The van der Waals surface area contributed by atoms with Crippen molar-refractivity contribution in [2.24, 2.45) is 0 Å². The Morgan fingerprint density at radius 3 is 1.11 bits per heavy atom. The Kier molecular flexibility index (Phi) is 7.61. The summed E-state index contributed by atoms with van der Waals surface area (Å²) in [5.74, 6) is 1.81. The Morgan fingerprint density at radius 2 is 0.750 bits per heavy atom. The summed E-state index contributed by atoms with van der Waals surface area (Å²) in [6.07, 6.45) is 0. The minimum atomic E-state index is 0.0888. The van der Waals surface area contributed by atoms with E-state index in [0.29, 0.717) is 0 Å². The maximum Gasteiger partial charge on any atom is 0.0159 e. The van der Waals surface area contributed by atoms with E-state index in [1.807, 2.05) is 5.83 Å². The number of alkyl halides is 1. The molecule has 0 heterocycles. The van der Waals surface area contributed by atoms with E-state index in [1.165, 1.54) is 88.3 Å². The topological polar surface area (TPSA) is 0 Å². The van der Waals surface area contributed by atoms with Gasteiger partial charge in [-0.2, -0.15) is 0 Å². The molecule has 0 spiro atoms. The van der Waals surface area contributed by atoms with Crippen LogP contribution in [-0.4, -0.2) is 5.83 Å². The first-order valence-electron chi connectivity index (χ1n) is 15.7. The van der Waals surface area contributed by atoms with Crippen LogP contribution < -0.4 is 0 Å². The van der Waals surface area contributed by atoms with Gasteiger partial charge in [-0.3, -0.25) is 0 Å². The second-order valence-electron chi connectivity index (χ2n) is 13.7. The molecule has 0 nitrogen and oxygen atoms in total. The van der Waals surface area contributed by atoms with Gasteiger partial charge in [0.1, 0.15) is 0 Å². The second kappa shape index (κ2) is 11.0. The maximum atomic E-state index is 2.94. The molecular formula is C43H43Br. The van der Waals surface area contributed by atoms with Crippen LogP contribution >= 0.6 is 15.9 Å². The van der Waals surface area contributed by atoms with Gasteiger partial charge in [0, 0.05) is 10.8 Å². The van der Waals surface area contributed by atoms with Gasteiger partial charge in [0.2, 0.25) is 0 Å². The van der Waals surface area contributed by atoms with Crippen molar-refractivity contribution in [2.75, 3.05) is 5.83 Å². The van der Waals surface area contributed by atoms with Crippen molar-refractivity contribution in [2.45, 2.75) is 66.2 Å². The lowest BCUT2D eigenvalue weighted by molar-refractivity contribution is 0.659. The van der Waals surface area contributed by atoms with E-state index < -0.39 is 0 Å². The van der Waals surface area contributed by atoms with E-state index in [2.05, 4.69) is 168 Å². The molecule has 0 bridgehead atoms. The van der Waals surface area contributed by atoms with Crippen molar-refractivity contribution in [3.8, 4) is 22.3 Å². The third kappa shape index (κ3) is 4.55. The van der Waals surface area contributed by atoms with E-state index in [1.54, 1.807) is 0 Å². The summed E-state index contributed by atoms with van der Waals surface area (Å²) >= 11 is 2.94. The van der Waals surface area contributed by atoms with Crippen LogP contribution in [0.1, 0.15) is 72.2 Å². The largest absolute Gasteiger partial charge is 0.0966 e. The van der Waals surface area contributed by atoms with Gasteiger partial charge in [0.05, 0.1) is 0 Å². The molecule has 0 saturated carbocycles. The molecule has 0 radical (unpaired) electrons. The molecule has 1 heteroatoms. The standard InChI is InChI=1S/2C21H20.CH3Br/c2*1-13-9-10-17-18(11-13)21(3,4)19-12-14(2)15-7-5-6-8-16(15)20(17)19;1-2/h2*5-12H,1-4H3;1H3. The predicted molar refractivity (Wildman–Crippen MR) is 197 cm³/mol. The lowest BCUT2D eigenvalue weighted by Gasteiger charge is -2.22. The molecule has 0 unspecified atom stereocenters. The van der Waals surface area contributed by atoms with Crippen molar-refractivity contribution < 1.29 is 0 Å². The Hall–Kier alpha value is -3.68. The van der Waals surface area contributed by atoms with Crippen LogP contribution in [0.3, 0.4) is 0 Å². The summed E-state index contributed by atoms with van der Waals surface area (Å²) in [4.78, 5) is 0. The molecule has 0 atom stereocenters. The summed E-state index contributed by atoms with van der Waals surface area (Å²) in [5, 5.41) is 5.53. The lowest BCUT2D eigenvalue weighted by Crippen LogP contribution is -2.15. The van der Waals surface area contributed by atoms with Crippen LogP contribution in [0.15, 0.2) is 97.1 Å². The van der Waals surface area contributed by atoms with Crippen LogP contribution in [0.5, 0.6) is 0 Å². The smallest absolute Gasteiger partial charge is 0.0159 e. The van der Waals surface area contributed by atoms with Gasteiger partial charge in [-0.15, -0.1) is 0 Å². The van der Waals surface area contributed by atoms with Crippen LogP contribution in [0.4, 0.5) is 0 Å². The summed E-state index contributed by atoms with van der Waals surface area (Å²) in [6, 6.07) is 36.2. The van der Waals surface area contributed by atoms with Gasteiger partial charge in [-0.1, -0.05) is 152 Å². The van der Waals surface area contributed by atoms with Gasteiger partial charge in [0.25, 0.3) is 0 Å². The van der Waals surface area contributed by atoms with Crippen molar-refractivity contribution in [1.29, 1.82) is 0 Å². The van der Waals surface area contributed by atoms with Crippen molar-refractivity contribution in [1.82, 2.24) is 0 Å². The summed E-state index contributed by atoms with van der Waals surface area (Å²) in [7, 11) is 0. The molecule has 2 aliphatic carbocycles. The van der Waals surface area contributed by atoms with Gasteiger partial charge in [0.15, 0.2) is 0 Å². The first-order chi connectivity index (χ1) is 21.0.